The Kier molecular flexibility index (Phi) is 6.02. The van der Waals surface area contributed by atoms with E-state index in [1.165, 1.54) is 6.92 Å². The lowest BCUT2D eigenvalue weighted by Crippen LogP contribution is -2.49. The molecule has 0 bridgehead atoms. The predicted molar refractivity (Wildman–Crippen MR) is 75.4 cm³/mol. The number of amides is 6. The number of carbonyl (C=O) groups excluding carboxylic acids is 5. The van der Waals surface area contributed by atoms with Gasteiger partial charge in [0.05, 0.1) is 0 Å². The number of nitrogens with one attached hydrogen (secondary N) is 2. The Morgan fingerprint density at radius 1 is 1.09 bits per heavy atom. The maximum absolute atomic E-state index is 11.8. The second-order valence-corrected chi connectivity index (χ2v) is 4.80. The average molecular weight is 312 g/mol. The topological polar surface area (TPSA) is 116 Å². The number of urea groups is 1. The van der Waals surface area contributed by atoms with E-state index >= 15 is 0 Å². The van der Waals surface area contributed by atoms with Crippen molar-refractivity contribution in [2.24, 2.45) is 0 Å². The number of carbonyl (C=O) groups is 5. The van der Waals surface area contributed by atoms with Gasteiger partial charge in [-0.15, -0.1) is 0 Å². The zero-order chi connectivity index (χ0) is 16.9. The Morgan fingerprint density at radius 3 is 2.18 bits per heavy atom. The van der Waals surface area contributed by atoms with Crippen molar-refractivity contribution in [2.45, 2.75) is 33.2 Å². The van der Waals surface area contributed by atoms with Gasteiger partial charge >= 0.3 is 17.8 Å². The van der Waals surface area contributed by atoms with Crippen LogP contribution in [0.2, 0.25) is 0 Å². The summed E-state index contributed by atoms with van der Waals surface area (Å²) < 4.78 is 0. The van der Waals surface area contributed by atoms with E-state index < -0.39 is 36.3 Å². The molecule has 9 heteroatoms. The highest BCUT2D eigenvalue weighted by Gasteiger charge is 2.44. The number of rotatable bonds is 7. The standard InChI is InChI=1S/C13H20N4O5/c1-4-6-14-10(19)8(3)15-9(18)7-17-12(21)11(20)16(5-2)13(17)22/h8H,4-7H2,1-3H3,(H,14,19)(H,15,18)/t8-/m0/s1. The zero-order valence-corrected chi connectivity index (χ0v) is 12.8. The molecule has 6 amide bonds. The van der Waals surface area contributed by atoms with Crippen LogP contribution in [-0.2, 0) is 19.2 Å². The molecule has 22 heavy (non-hydrogen) atoms. The van der Waals surface area contributed by atoms with Gasteiger partial charge in [0, 0.05) is 13.1 Å². The Hall–Kier alpha value is -2.45. The first-order valence-corrected chi connectivity index (χ1v) is 7.07. The lowest BCUT2D eigenvalue weighted by atomic mass is 10.3. The van der Waals surface area contributed by atoms with Crippen LogP contribution >= 0.6 is 0 Å². The fraction of sp³-hybridized carbons (Fsp3) is 0.615. The first-order chi connectivity index (χ1) is 10.3. The summed E-state index contributed by atoms with van der Waals surface area (Å²) in [5.41, 5.74) is 0. The van der Waals surface area contributed by atoms with Crippen molar-refractivity contribution in [3.05, 3.63) is 0 Å². The van der Waals surface area contributed by atoms with Gasteiger partial charge in [0.2, 0.25) is 11.8 Å². The van der Waals surface area contributed by atoms with Crippen molar-refractivity contribution in [1.29, 1.82) is 0 Å². The highest BCUT2D eigenvalue weighted by molar-refractivity contribution is 6.45. The van der Waals surface area contributed by atoms with Crippen LogP contribution < -0.4 is 10.6 Å². The van der Waals surface area contributed by atoms with Gasteiger partial charge in [-0.3, -0.25) is 24.1 Å². The minimum absolute atomic E-state index is 0.0529. The van der Waals surface area contributed by atoms with Gasteiger partial charge < -0.3 is 10.6 Å². The zero-order valence-electron chi connectivity index (χ0n) is 12.8. The normalized spacial score (nSPS) is 16.0. The van der Waals surface area contributed by atoms with Gasteiger partial charge in [-0.2, -0.15) is 0 Å². The number of imide groups is 2. The van der Waals surface area contributed by atoms with Gasteiger partial charge in [-0.25, -0.2) is 9.69 Å². The van der Waals surface area contributed by atoms with Crippen molar-refractivity contribution < 1.29 is 24.0 Å². The molecule has 1 aliphatic rings. The van der Waals surface area contributed by atoms with Crippen LogP contribution in [0.1, 0.15) is 27.2 Å². The first kappa shape index (κ1) is 17.6. The molecule has 1 rings (SSSR count). The van der Waals surface area contributed by atoms with E-state index in [0.29, 0.717) is 11.4 Å². The van der Waals surface area contributed by atoms with Gasteiger partial charge in [0.15, 0.2) is 0 Å². The summed E-state index contributed by atoms with van der Waals surface area (Å²) in [7, 11) is 0. The van der Waals surface area contributed by atoms with Crippen LogP contribution in [-0.4, -0.2) is 65.1 Å². The van der Waals surface area contributed by atoms with E-state index in [-0.39, 0.29) is 12.5 Å². The summed E-state index contributed by atoms with van der Waals surface area (Å²) >= 11 is 0. The Bertz CT molecular complexity index is 505. The third-order valence-corrected chi connectivity index (χ3v) is 3.07. The van der Waals surface area contributed by atoms with E-state index in [9.17, 15) is 24.0 Å². The van der Waals surface area contributed by atoms with Crippen LogP contribution in [0.5, 0.6) is 0 Å². The molecule has 1 aliphatic heterocycles. The van der Waals surface area contributed by atoms with Crippen molar-refractivity contribution in [1.82, 2.24) is 20.4 Å². The molecular formula is C13H20N4O5. The molecular weight excluding hydrogens is 292 g/mol. The van der Waals surface area contributed by atoms with Crippen LogP contribution in [0.25, 0.3) is 0 Å². The van der Waals surface area contributed by atoms with E-state index in [2.05, 4.69) is 10.6 Å². The van der Waals surface area contributed by atoms with Crippen LogP contribution in [0.4, 0.5) is 4.79 Å². The molecule has 0 unspecified atom stereocenters. The maximum atomic E-state index is 11.8. The van der Waals surface area contributed by atoms with Crippen molar-refractivity contribution in [3.63, 3.8) is 0 Å². The van der Waals surface area contributed by atoms with E-state index in [1.807, 2.05) is 6.92 Å². The number of nitrogens with zero attached hydrogens (tertiary/aromatic N) is 2. The first-order valence-electron chi connectivity index (χ1n) is 7.07. The molecule has 0 aliphatic carbocycles. The van der Waals surface area contributed by atoms with Crippen molar-refractivity contribution >= 4 is 29.7 Å². The molecule has 1 heterocycles. The number of likely N-dealkylation sites (N-methyl/N-ethyl adjacent to an activating group) is 1. The summed E-state index contributed by atoms with van der Waals surface area (Å²) in [5.74, 6) is -3.04. The smallest absolute Gasteiger partial charge is 0.334 e. The minimum Gasteiger partial charge on any atom is -0.354 e. The lowest BCUT2D eigenvalue weighted by Gasteiger charge is -2.17. The summed E-state index contributed by atoms with van der Waals surface area (Å²) in [4.78, 5) is 59.7. The predicted octanol–water partition coefficient (Wildman–Crippen LogP) is -1.17. The summed E-state index contributed by atoms with van der Waals surface area (Å²) in [5, 5.41) is 4.99. The Labute approximate surface area is 128 Å². The summed E-state index contributed by atoms with van der Waals surface area (Å²) in [6.07, 6.45) is 0.762. The highest BCUT2D eigenvalue weighted by atomic mass is 16.2. The molecule has 1 saturated heterocycles. The summed E-state index contributed by atoms with van der Waals surface area (Å²) in [6.45, 7) is 4.88. The second-order valence-electron chi connectivity index (χ2n) is 4.80. The molecule has 0 saturated carbocycles. The molecule has 0 aromatic heterocycles. The molecule has 122 valence electrons. The fourth-order valence-corrected chi connectivity index (χ4v) is 1.87. The molecule has 0 aromatic carbocycles. The quantitative estimate of drug-likeness (QED) is 0.454. The number of hydrogen-bond donors (Lipinski definition) is 2. The Morgan fingerprint density at radius 2 is 1.68 bits per heavy atom. The maximum Gasteiger partial charge on any atom is 0.334 e. The van der Waals surface area contributed by atoms with Gasteiger partial charge in [-0.05, 0) is 20.3 Å². The molecule has 1 fully saturated rings. The second kappa shape index (κ2) is 7.53. The van der Waals surface area contributed by atoms with Gasteiger partial charge in [-0.1, -0.05) is 6.92 Å². The molecule has 2 N–H and O–H groups in total. The SMILES string of the molecule is CCCNC(=O)[C@H](C)NC(=O)CN1C(=O)C(=O)N(CC)C1=O. The third kappa shape index (κ3) is 3.80. The minimum atomic E-state index is -1.04. The largest absolute Gasteiger partial charge is 0.354 e. The fourth-order valence-electron chi connectivity index (χ4n) is 1.87. The van der Waals surface area contributed by atoms with E-state index in [4.69, 9.17) is 0 Å². The molecule has 0 spiro atoms. The monoisotopic (exact) mass is 312 g/mol. The molecule has 1 atom stereocenters. The van der Waals surface area contributed by atoms with Crippen LogP contribution in [0.3, 0.4) is 0 Å². The van der Waals surface area contributed by atoms with Gasteiger partial charge in [0.1, 0.15) is 12.6 Å². The molecule has 0 aromatic rings. The van der Waals surface area contributed by atoms with Gasteiger partial charge in [0.25, 0.3) is 0 Å². The highest BCUT2D eigenvalue weighted by Crippen LogP contribution is 2.10. The van der Waals surface area contributed by atoms with E-state index in [0.717, 1.165) is 11.3 Å². The molecule has 9 nitrogen and oxygen atoms in total. The molecule has 0 radical (unpaired) electrons. The van der Waals surface area contributed by atoms with Crippen LogP contribution in [0.15, 0.2) is 0 Å². The van der Waals surface area contributed by atoms with Crippen molar-refractivity contribution in [2.75, 3.05) is 19.6 Å². The summed E-state index contributed by atoms with van der Waals surface area (Å²) in [6, 6.07) is -1.62. The van der Waals surface area contributed by atoms with Crippen LogP contribution in [0, 0.1) is 0 Å². The average Bonchev–Trinajstić information content (AvgIpc) is 2.68. The Balaban J connectivity index is 2.58. The van der Waals surface area contributed by atoms with Crippen molar-refractivity contribution in [3.8, 4) is 0 Å². The number of hydrogen-bond acceptors (Lipinski definition) is 5. The lowest BCUT2D eigenvalue weighted by molar-refractivity contribution is -0.144. The third-order valence-electron chi connectivity index (χ3n) is 3.07. The van der Waals surface area contributed by atoms with E-state index in [1.54, 1.807) is 6.92 Å².